The maximum absolute atomic E-state index is 13.9. The van der Waals surface area contributed by atoms with E-state index in [1.54, 1.807) is 19.2 Å². The highest BCUT2D eigenvalue weighted by Crippen LogP contribution is 2.39. The number of hydrogen-bond donors (Lipinski definition) is 0. The van der Waals surface area contributed by atoms with E-state index in [1.165, 1.54) is 11.6 Å². The van der Waals surface area contributed by atoms with Gasteiger partial charge in [-0.3, -0.25) is 9.98 Å². The van der Waals surface area contributed by atoms with Gasteiger partial charge in [-0.1, -0.05) is 19.1 Å². The van der Waals surface area contributed by atoms with Gasteiger partial charge in [0.15, 0.2) is 0 Å². The number of allylic oxidation sites excluding steroid dienone is 1. The summed E-state index contributed by atoms with van der Waals surface area (Å²) in [6.07, 6.45) is 4.71. The highest BCUT2D eigenvalue weighted by Gasteiger charge is 2.20. The normalized spacial score (nSPS) is 15.4. The lowest BCUT2D eigenvalue weighted by Crippen LogP contribution is -2.15. The van der Waals surface area contributed by atoms with Gasteiger partial charge in [0.25, 0.3) is 0 Å². The van der Waals surface area contributed by atoms with E-state index in [2.05, 4.69) is 56.0 Å². The van der Waals surface area contributed by atoms with Crippen molar-refractivity contribution in [3.05, 3.63) is 77.2 Å². The average Bonchev–Trinajstić information content (AvgIpc) is 2.94. The lowest BCUT2D eigenvalue weighted by Gasteiger charge is -2.18. The molecule has 2 heterocycles. The van der Waals surface area contributed by atoms with Crippen molar-refractivity contribution < 1.29 is 9.13 Å². The van der Waals surface area contributed by atoms with E-state index >= 15 is 0 Å². The number of fused-ring (bicyclic) bond motifs is 1. The molecule has 0 fully saturated rings. The van der Waals surface area contributed by atoms with Crippen LogP contribution in [-0.4, -0.2) is 43.3 Å². The number of rotatable bonds is 7. The summed E-state index contributed by atoms with van der Waals surface area (Å²) < 4.78 is 20.3. The van der Waals surface area contributed by atoms with Crippen molar-refractivity contribution in [1.29, 1.82) is 0 Å². The van der Waals surface area contributed by atoms with Crippen molar-refractivity contribution in [2.24, 2.45) is 10.9 Å². The smallest absolute Gasteiger partial charge is 0.128 e. The first-order valence-electron chi connectivity index (χ1n) is 11.7. The monoisotopic (exact) mass is 457 g/mol. The van der Waals surface area contributed by atoms with E-state index < -0.39 is 0 Å². The van der Waals surface area contributed by atoms with E-state index in [9.17, 15) is 4.39 Å². The molecule has 0 spiro atoms. The van der Waals surface area contributed by atoms with Gasteiger partial charge in [-0.25, -0.2) is 4.39 Å². The van der Waals surface area contributed by atoms with Gasteiger partial charge in [0.2, 0.25) is 0 Å². The van der Waals surface area contributed by atoms with Gasteiger partial charge in [-0.05, 0) is 87.5 Å². The molecule has 0 saturated heterocycles. The van der Waals surface area contributed by atoms with Crippen LogP contribution in [0.2, 0.25) is 0 Å². The summed E-state index contributed by atoms with van der Waals surface area (Å²) in [4.78, 5) is 11.6. The van der Waals surface area contributed by atoms with Gasteiger partial charge in [0.05, 0.1) is 18.0 Å². The number of pyridine rings is 1. The lowest BCUT2D eigenvalue weighted by molar-refractivity contribution is 0.248. The molecular weight excluding hydrogens is 425 g/mol. The van der Waals surface area contributed by atoms with Gasteiger partial charge in [0, 0.05) is 41.6 Å². The molecule has 4 nitrogen and oxygen atoms in total. The third-order valence-corrected chi connectivity index (χ3v) is 6.27. The quantitative estimate of drug-likeness (QED) is 0.362. The fourth-order valence-corrected chi connectivity index (χ4v) is 4.13. The molecule has 2 aromatic carbocycles. The zero-order chi connectivity index (χ0) is 24.2. The Hall–Kier alpha value is -3.31. The molecule has 0 bridgehead atoms. The SMILES string of the molecule is CC1=C(OCCCN(C)C)c2cc(-c3cccnc3-c3ccc(F)c(C)c3)ccc2N=CC1C. The predicted molar refractivity (Wildman–Crippen MR) is 139 cm³/mol. The Kier molecular flexibility index (Phi) is 7.23. The van der Waals surface area contributed by atoms with Gasteiger partial charge in [0.1, 0.15) is 11.6 Å². The predicted octanol–water partition coefficient (Wildman–Crippen LogP) is 6.91. The fraction of sp³-hybridized carbons (Fsp3) is 0.310. The molecule has 0 amide bonds. The van der Waals surface area contributed by atoms with Crippen molar-refractivity contribution >= 4 is 17.7 Å². The van der Waals surface area contributed by atoms with Crippen molar-refractivity contribution in [3.63, 3.8) is 0 Å². The summed E-state index contributed by atoms with van der Waals surface area (Å²) in [5, 5.41) is 0. The second-order valence-corrected chi connectivity index (χ2v) is 9.18. The number of benzene rings is 2. The zero-order valence-corrected chi connectivity index (χ0v) is 20.6. The summed E-state index contributed by atoms with van der Waals surface area (Å²) in [6, 6.07) is 15.4. The average molecular weight is 458 g/mol. The van der Waals surface area contributed by atoms with Crippen LogP contribution in [0.15, 0.2) is 65.3 Å². The van der Waals surface area contributed by atoms with Crippen LogP contribution < -0.4 is 0 Å². The number of halogens is 1. The second-order valence-electron chi connectivity index (χ2n) is 9.18. The first-order valence-corrected chi connectivity index (χ1v) is 11.7. The highest BCUT2D eigenvalue weighted by molar-refractivity contribution is 5.88. The molecule has 3 aromatic rings. The summed E-state index contributed by atoms with van der Waals surface area (Å²) in [7, 11) is 4.14. The molecule has 1 atom stereocenters. The molecule has 176 valence electrons. The molecular formula is C29H32FN3O. The Labute approximate surface area is 201 Å². The summed E-state index contributed by atoms with van der Waals surface area (Å²) in [5.74, 6) is 0.884. The summed E-state index contributed by atoms with van der Waals surface area (Å²) >= 11 is 0. The van der Waals surface area contributed by atoms with Crippen molar-refractivity contribution in [1.82, 2.24) is 9.88 Å². The molecule has 34 heavy (non-hydrogen) atoms. The number of nitrogens with zero attached hydrogens (tertiary/aromatic N) is 3. The van der Waals surface area contributed by atoms with E-state index in [0.717, 1.165) is 52.4 Å². The Morgan fingerprint density at radius 2 is 1.79 bits per heavy atom. The van der Waals surface area contributed by atoms with Crippen LogP contribution in [0.1, 0.15) is 31.4 Å². The van der Waals surface area contributed by atoms with Crippen LogP contribution >= 0.6 is 0 Å². The minimum absolute atomic E-state index is 0.191. The molecule has 1 aliphatic rings. The number of ether oxygens (including phenoxy) is 1. The molecule has 1 aromatic heterocycles. The first kappa shape index (κ1) is 23.8. The van der Waals surface area contributed by atoms with Crippen LogP contribution in [0.25, 0.3) is 28.1 Å². The van der Waals surface area contributed by atoms with Crippen LogP contribution in [0.5, 0.6) is 0 Å². The van der Waals surface area contributed by atoms with Crippen LogP contribution in [0.4, 0.5) is 10.1 Å². The lowest BCUT2D eigenvalue weighted by atomic mass is 9.94. The van der Waals surface area contributed by atoms with Gasteiger partial charge >= 0.3 is 0 Å². The molecule has 0 aliphatic carbocycles. The highest BCUT2D eigenvalue weighted by atomic mass is 19.1. The minimum Gasteiger partial charge on any atom is -0.493 e. The number of aromatic nitrogens is 1. The second kappa shape index (κ2) is 10.3. The van der Waals surface area contributed by atoms with E-state index in [4.69, 9.17) is 9.73 Å². The van der Waals surface area contributed by atoms with Gasteiger partial charge in [-0.2, -0.15) is 0 Å². The molecule has 0 radical (unpaired) electrons. The zero-order valence-electron chi connectivity index (χ0n) is 20.6. The van der Waals surface area contributed by atoms with Crippen molar-refractivity contribution in [2.45, 2.75) is 27.2 Å². The van der Waals surface area contributed by atoms with Crippen LogP contribution in [-0.2, 0) is 4.74 Å². The molecule has 1 aliphatic heterocycles. The first-order chi connectivity index (χ1) is 16.3. The molecule has 4 rings (SSSR count). The summed E-state index contributed by atoms with van der Waals surface area (Å²) in [6.45, 7) is 7.66. The fourth-order valence-electron chi connectivity index (χ4n) is 4.13. The Balaban J connectivity index is 1.76. The maximum Gasteiger partial charge on any atom is 0.128 e. The van der Waals surface area contributed by atoms with Crippen molar-refractivity contribution in [2.75, 3.05) is 27.2 Å². The topological polar surface area (TPSA) is 37.7 Å². The standard InChI is InChI=1S/C29H32FN3O/c1-19-16-23(9-11-26(19)30)28-24(8-6-13-31-28)22-10-12-27-25(17-22)29(21(3)20(2)18-32-27)34-15-7-14-33(4)5/h6,8-13,16-18,20H,7,14-15H2,1-5H3. The maximum atomic E-state index is 13.9. The third kappa shape index (κ3) is 5.10. The van der Waals surface area contributed by atoms with E-state index in [1.807, 2.05) is 24.4 Å². The molecule has 0 saturated carbocycles. The molecule has 0 N–H and O–H groups in total. The Morgan fingerprint density at radius 1 is 1.00 bits per heavy atom. The van der Waals surface area contributed by atoms with Gasteiger partial charge < -0.3 is 9.64 Å². The van der Waals surface area contributed by atoms with Gasteiger partial charge in [-0.15, -0.1) is 0 Å². The largest absolute Gasteiger partial charge is 0.493 e. The molecule has 5 heteroatoms. The number of hydrogen-bond acceptors (Lipinski definition) is 4. The van der Waals surface area contributed by atoms with Crippen LogP contribution in [0, 0.1) is 18.7 Å². The van der Waals surface area contributed by atoms with Crippen molar-refractivity contribution in [3.8, 4) is 22.4 Å². The minimum atomic E-state index is -0.213. The molecule has 1 unspecified atom stereocenters. The Morgan fingerprint density at radius 3 is 2.56 bits per heavy atom. The number of aryl methyl sites for hydroxylation is 1. The van der Waals surface area contributed by atoms with E-state index in [0.29, 0.717) is 12.2 Å². The Bertz CT molecular complexity index is 1250. The van der Waals surface area contributed by atoms with Crippen LogP contribution in [0.3, 0.4) is 0 Å². The third-order valence-electron chi connectivity index (χ3n) is 6.27. The van der Waals surface area contributed by atoms with E-state index in [-0.39, 0.29) is 11.7 Å². The number of aliphatic imine (C=N–C) groups is 1. The summed E-state index contributed by atoms with van der Waals surface area (Å²) in [5.41, 5.74) is 7.39.